The molecule has 0 saturated carbocycles. The first-order valence-electron chi connectivity index (χ1n) is 13.4. The maximum atomic E-state index is 13.7. The number of rotatable bonds is 11. The van der Waals surface area contributed by atoms with Crippen LogP contribution in [0.4, 0.5) is 10.1 Å². The molecule has 0 aliphatic rings. The molecule has 2 aromatic heterocycles. The minimum Gasteiger partial charge on any atom is -0.486 e. The first-order valence-corrected chi connectivity index (χ1v) is 13.4. The molecular weight excluding hydrogens is 551 g/mol. The molecule has 218 valence electrons. The molecule has 10 heteroatoms. The smallest absolute Gasteiger partial charge is 0.307 e. The normalized spacial score (nSPS) is 11.0. The van der Waals surface area contributed by atoms with Crippen molar-refractivity contribution in [3.63, 3.8) is 0 Å². The van der Waals surface area contributed by atoms with Crippen LogP contribution in [-0.2, 0) is 11.4 Å². The molecule has 0 saturated heterocycles. The van der Waals surface area contributed by atoms with E-state index in [0.717, 1.165) is 17.1 Å². The zero-order valence-corrected chi connectivity index (χ0v) is 23.5. The molecule has 9 nitrogen and oxygen atoms in total. The molecule has 0 aliphatic carbocycles. The van der Waals surface area contributed by atoms with Crippen molar-refractivity contribution in [1.82, 2.24) is 9.99 Å². The highest BCUT2D eigenvalue weighted by Crippen LogP contribution is 2.21. The van der Waals surface area contributed by atoms with Crippen molar-refractivity contribution in [2.45, 2.75) is 20.5 Å². The molecule has 0 aliphatic heterocycles. The third-order valence-corrected chi connectivity index (χ3v) is 6.41. The Hall–Kier alpha value is -5.64. The van der Waals surface area contributed by atoms with Gasteiger partial charge in [-0.1, -0.05) is 12.1 Å². The molecule has 0 radical (unpaired) electrons. The summed E-state index contributed by atoms with van der Waals surface area (Å²) in [5.41, 5.74) is 6.56. The van der Waals surface area contributed by atoms with Gasteiger partial charge in [0.05, 0.1) is 11.9 Å². The molecule has 2 amide bonds. The lowest BCUT2D eigenvalue weighted by Gasteiger charge is -2.10. The number of carbonyl (C=O) groups excluding carboxylic acids is 2. The van der Waals surface area contributed by atoms with E-state index in [9.17, 15) is 14.0 Å². The maximum absolute atomic E-state index is 13.7. The molecular formula is C33H29FN4O5. The Labute approximate surface area is 247 Å². The number of aromatic nitrogens is 1. The fourth-order valence-electron chi connectivity index (χ4n) is 4.27. The van der Waals surface area contributed by atoms with Crippen LogP contribution in [0.3, 0.4) is 0 Å². The Morgan fingerprint density at radius 2 is 1.53 bits per heavy atom. The van der Waals surface area contributed by atoms with Crippen LogP contribution in [0.2, 0.25) is 0 Å². The van der Waals surface area contributed by atoms with Crippen molar-refractivity contribution in [3.8, 4) is 17.2 Å². The number of amides is 2. The van der Waals surface area contributed by atoms with E-state index in [1.165, 1.54) is 24.4 Å². The number of halogens is 1. The van der Waals surface area contributed by atoms with Gasteiger partial charge in [-0.25, -0.2) is 9.82 Å². The number of nitrogens with zero attached hydrogens (tertiary/aromatic N) is 2. The Balaban J connectivity index is 1.05. The van der Waals surface area contributed by atoms with Gasteiger partial charge in [0.1, 0.15) is 29.7 Å². The van der Waals surface area contributed by atoms with Gasteiger partial charge in [0.2, 0.25) is 0 Å². The third kappa shape index (κ3) is 7.56. The van der Waals surface area contributed by atoms with Crippen molar-refractivity contribution >= 4 is 23.7 Å². The van der Waals surface area contributed by atoms with Crippen LogP contribution in [0, 0.1) is 19.7 Å². The number of para-hydroxylation sites is 1. The second kappa shape index (κ2) is 13.3. The summed E-state index contributed by atoms with van der Waals surface area (Å²) in [6.45, 7) is 4.00. The number of ether oxygens (including phenoxy) is 2. The zero-order valence-electron chi connectivity index (χ0n) is 23.5. The molecule has 0 bridgehead atoms. The minimum atomic E-state index is -0.524. The quantitative estimate of drug-likeness (QED) is 0.143. The van der Waals surface area contributed by atoms with Gasteiger partial charge in [-0.2, -0.15) is 5.10 Å². The van der Waals surface area contributed by atoms with E-state index >= 15 is 0 Å². The van der Waals surface area contributed by atoms with Crippen LogP contribution in [-0.4, -0.2) is 29.2 Å². The third-order valence-electron chi connectivity index (χ3n) is 6.41. The first kappa shape index (κ1) is 28.9. The summed E-state index contributed by atoms with van der Waals surface area (Å²) in [6, 6.07) is 27.7. The lowest BCUT2D eigenvalue weighted by atomic mass is 10.2. The van der Waals surface area contributed by atoms with E-state index in [4.69, 9.17) is 13.9 Å². The summed E-state index contributed by atoms with van der Waals surface area (Å²) in [5.74, 6) is 0.195. The van der Waals surface area contributed by atoms with Crippen LogP contribution in [0.25, 0.3) is 5.69 Å². The second-order valence-corrected chi connectivity index (χ2v) is 9.58. The van der Waals surface area contributed by atoms with E-state index in [2.05, 4.69) is 46.4 Å². The largest absolute Gasteiger partial charge is 0.486 e. The average Bonchev–Trinajstić information content (AvgIpc) is 3.63. The molecule has 5 rings (SSSR count). The molecule has 2 N–H and O–H groups in total. The van der Waals surface area contributed by atoms with Gasteiger partial charge in [0.25, 0.3) is 5.91 Å². The number of benzene rings is 3. The van der Waals surface area contributed by atoms with E-state index < -0.39 is 17.6 Å². The molecule has 5 aromatic rings. The summed E-state index contributed by atoms with van der Waals surface area (Å²) >= 11 is 0. The highest BCUT2D eigenvalue weighted by molar-refractivity contribution is 5.93. The molecule has 43 heavy (non-hydrogen) atoms. The van der Waals surface area contributed by atoms with Gasteiger partial charge < -0.3 is 23.8 Å². The van der Waals surface area contributed by atoms with Crippen molar-refractivity contribution in [2.75, 3.05) is 11.9 Å². The number of hydrogen-bond donors (Lipinski definition) is 2. The van der Waals surface area contributed by atoms with Gasteiger partial charge in [0.15, 0.2) is 12.4 Å². The molecule has 0 spiro atoms. The van der Waals surface area contributed by atoms with Gasteiger partial charge >= 0.3 is 5.91 Å². The van der Waals surface area contributed by atoms with Crippen LogP contribution in [0.1, 0.15) is 33.3 Å². The number of anilines is 1. The van der Waals surface area contributed by atoms with E-state index in [1.54, 1.807) is 42.5 Å². The number of hydrazone groups is 1. The highest BCUT2D eigenvalue weighted by Gasteiger charge is 2.12. The Morgan fingerprint density at radius 3 is 2.26 bits per heavy atom. The summed E-state index contributed by atoms with van der Waals surface area (Å²) in [5, 5.41) is 6.42. The van der Waals surface area contributed by atoms with E-state index in [-0.39, 0.29) is 24.7 Å². The van der Waals surface area contributed by atoms with Crippen molar-refractivity contribution in [1.29, 1.82) is 0 Å². The Morgan fingerprint density at radius 1 is 0.860 bits per heavy atom. The van der Waals surface area contributed by atoms with Gasteiger partial charge in [-0.3, -0.25) is 9.59 Å². The monoisotopic (exact) mass is 580 g/mol. The molecule has 3 aromatic carbocycles. The van der Waals surface area contributed by atoms with E-state index in [0.29, 0.717) is 22.8 Å². The topological polar surface area (TPSA) is 107 Å². The van der Waals surface area contributed by atoms with Crippen LogP contribution >= 0.6 is 0 Å². The predicted octanol–water partition coefficient (Wildman–Crippen LogP) is 6.19. The summed E-state index contributed by atoms with van der Waals surface area (Å²) in [4.78, 5) is 24.5. The molecule has 2 heterocycles. The first-order chi connectivity index (χ1) is 20.9. The van der Waals surface area contributed by atoms with Gasteiger partial charge in [-0.15, -0.1) is 0 Å². The minimum absolute atomic E-state index is 0.0868. The number of furan rings is 1. The summed E-state index contributed by atoms with van der Waals surface area (Å²) < 4.78 is 32.7. The van der Waals surface area contributed by atoms with E-state index in [1.807, 2.05) is 24.3 Å². The Bertz CT molecular complexity index is 1720. The fraction of sp³-hybridized carbons (Fsp3) is 0.121. The average molecular weight is 581 g/mol. The van der Waals surface area contributed by atoms with Crippen molar-refractivity contribution < 1.29 is 27.9 Å². The Kier molecular flexibility index (Phi) is 8.96. The number of nitrogens with one attached hydrogen (secondary N) is 2. The second-order valence-electron chi connectivity index (χ2n) is 9.58. The van der Waals surface area contributed by atoms with Crippen LogP contribution in [0.15, 0.2) is 107 Å². The van der Waals surface area contributed by atoms with Gasteiger partial charge in [0, 0.05) is 17.1 Å². The molecule has 0 fully saturated rings. The predicted molar refractivity (Wildman–Crippen MR) is 160 cm³/mol. The van der Waals surface area contributed by atoms with Gasteiger partial charge in [-0.05, 0) is 104 Å². The zero-order chi connectivity index (χ0) is 30.2. The number of hydrogen-bond acceptors (Lipinski definition) is 6. The lowest BCUT2D eigenvalue weighted by Crippen LogP contribution is -2.20. The molecule has 0 unspecified atom stereocenters. The fourth-order valence-corrected chi connectivity index (χ4v) is 4.27. The number of aryl methyl sites for hydroxylation is 2. The SMILES string of the molecule is Cc1ccc(C)n1-c1ccc(OCc2ccc(C(=O)N/N=C/c3ccc(OCC(=O)Nc4ccccc4F)cc3)o2)cc1. The highest BCUT2D eigenvalue weighted by atomic mass is 19.1. The van der Waals surface area contributed by atoms with Crippen LogP contribution in [0.5, 0.6) is 11.5 Å². The lowest BCUT2D eigenvalue weighted by molar-refractivity contribution is -0.118. The summed E-state index contributed by atoms with van der Waals surface area (Å²) in [6.07, 6.45) is 1.46. The standard InChI is InChI=1S/C33H29FN4O5/c1-22-7-8-23(2)38(22)25-11-15-27(16-12-25)41-20-28-17-18-31(43-28)33(40)37-35-19-24-9-13-26(14-10-24)42-21-32(39)36-30-6-4-3-5-29(30)34/h3-19H,20-21H2,1-2H3,(H,36,39)(H,37,40)/b35-19+. The maximum Gasteiger partial charge on any atom is 0.307 e. The summed E-state index contributed by atoms with van der Waals surface area (Å²) in [7, 11) is 0. The molecule has 0 atom stereocenters. The van der Waals surface area contributed by atoms with Crippen molar-refractivity contribution in [3.05, 3.63) is 131 Å². The number of carbonyl (C=O) groups is 2. The van der Waals surface area contributed by atoms with Crippen molar-refractivity contribution in [2.24, 2.45) is 5.10 Å². The van der Waals surface area contributed by atoms with Crippen LogP contribution < -0.4 is 20.2 Å².